The predicted octanol–water partition coefficient (Wildman–Crippen LogP) is 4.96. The number of nitrogens with zero attached hydrogens (tertiary/aromatic N) is 4. The van der Waals surface area contributed by atoms with Crippen LogP contribution in [-0.4, -0.2) is 29.3 Å². The summed E-state index contributed by atoms with van der Waals surface area (Å²) in [6.45, 7) is 0. The summed E-state index contributed by atoms with van der Waals surface area (Å²) in [5.41, 5.74) is 6.52. The van der Waals surface area contributed by atoms with E-state index >= 15 is 0 Å². The number of aromatic hydroxyl groups is 1. The molecule has 6 heteroatoms. The molecule has 6 rings (SSSR count). The van der Waals surface area contributed by atoms with Gasteiger partial charge in [-0.1, -0.05) is 24.3 Å². The van der Waals surface area contributed by atoms with Crippen LogP contribution in [-0.2, 0) is 6.42 Å². The van der Waals surface area contributed by atoms with Gasteiger partial charge in [-0.3, -0.25) is 4.40 Å². The average molecular weight is 405 g/mol. The molecule has 0 saturated carbocycles. The van der Waals surface area contributed by atoms with Crippen molar-refractivity contribution in [3.63, 3.8) is 0 Å². The van der Waals surface area contributed by atoms with Crippen molar-refractivity contribution in [1.29, 1.82) is 0 Å². The van der Waals surface area contributed by atoms with Crippen LogP contribution in [0.4, 0.5) is 0 Å². The maximum absolute atomic E-state index is 9.88. The fraction of sp³-hybridized carbons (Fsp3) is 0.0400. The lowest BCUT2D eigenvalue weighted by Crippen LogP contribution is -1.98. The number of H-pyrrole nitrogens is 1. The topological polar surface area (TPSA) is 71.1 Å². The van der Waals surface area contributed by atoms with Crippen molar-refractivity contribution in [2.45, 2.75) is 6.42 Å². The van der Waals surface area contributed by atoms with Gasteiger partial charge in [0.25, 0.3) is 0 Å². The number of rotatable bonds is 4. The van der Waals surface area contributed by atoms with E-state index in [1.54, 1.807) is 6.20 Å². The molecular weight excluding hydrogens is 386 g/mol. The summed E-state index contributed by atoms with van der Waals surface area (Å²) in [5.74, 6) is 0.197. The van der Waals surface area contributed by atoms with Gasteiger partial charge in [0.1, 0.15) is 5.65 Å². The van der Waals surface area contributed by atoms with E-state index in [9.17, 15) is 5.11 Å². The van der Waals surface area contributed by atoms with Gasteiger partial charge in [0.2, 0.25) is 0 Å². The smallest absolute Gasteiger partial charge is 0.196 e. The molecule has 0 amide bonds. The zero-order valence-electron chi connectivity index (χ0n) is 16.6. The van der Waals surface area contributed by atoms with Gasteiger partial charge in [-0.2, -0.15) is 5.10 Å². The molecule has 0 unspecified atom stereocenters. The molecule has 4 heterocycles. The summed E-state index contributed by atoms with van der Waals surface area (Å²) in [5, 5.41) is 16.0. The molecule has 0 atom stereocenters. The second-order valence-electron chi connectivity index (χ2n) is 7.60. The van der Waals surface area contributed by atoms with Crippen molar-refractivity contribution in [2.24, 2.45) is 0 Å². The second kappa shape index (κ2) is 6.88. The van der Waals surface area contributed by atoms with E-state index in [0.29, 0.717) is 0 Å². The molecule has 6 nitrogen and oxygen atoms in total. The van der Waals surface area contributed by atoms with Crippen LogP contribution in [0.15, 0.2) is 91.6 Å². The first kappa shape index (κ1) is 17.5. The monoisotopic (exact) mass is 405 g/mol. The van der Waals surface area contributed by atoms with Crippen LogP contribution in [0.1, 0.15) is 11.1 Å². The van der Waals surface area contributed by atoms with Crippen LogP contribution < -0.4 is 0 Å². The van der Waals surface area contributed by atoms with Crippen LogP contribution >= 0.6 is 0 Å². The fourth-order valence-corrected chi connectivity index (χ4v) is 4.13. The molecule has 0 saturated heterocycles. The van der Waals surface area contributed by atoms with Crippen LogP contribution in [0.3, 0.4) is 0 Å². The molecule has 0 fully saturated rings. The molecule has 0 radical (unpaired) electrons. The molecule has 4 aromatic heterocycles. The largest absolute Gasteiger partial charge is 0.494 e. The Morgan fingerprint density at radius 2 is 1.84 bits per heavy atom. The third-order valence-electron chi connectivity index (χ3n) is 5.70. The number of hydrogen-bond acceptors (Lipinski definition) is 3. The Hall–Kier alpha value is -4.32. The number of hydrogen-bond donors (Lipinski definition) is 2. The Bertz CT molecular complexity index is 1510. The van der Waals surface area contributed by atoms with E-state index < -0.39 is 0 Å². The van der Waals surface area contributed by atoms with Crippen LogP contribution in [0.25, 0.3) is 33.4 Å². The van der Waals surface area contributed by atoms with Crippen molar-refractivity contribution >= 4 is 16.4 Å². The number of fused-ring (bicyclic) bond motifs is 2. The lowest BCUT2D eigenvalue weighted by atomic mass is 10.0. The van der Waals surface area contributed by atoms with Gasteiger partial charge in [-0.15, -0.1) is 0 Å². The van der Waals surface area contributed by atoms with Gasteiger partial charge in [0.15, 0.2) is 5.88 Å². The maximum Gasteiger partial charge on any atom is 0.196 e. The average Bonchev–Trinajstić information content (AvgIpc) is 3.56. The first-order valence-electron chi connectivity index (χ1n) is 10.1. The van der Waals surface area contributed by atoms with E-state index in [0.717, 1.165) is 39.8 Å². The van der Waals surface area contributed by atoms with Crippen LogP contribution in [0.5, 0.6) is 5.88 Å². The lowest BCUT2D eigenvalue weighted by Gasteiger charge is -2.11. The summed E-state index contributed by atoms with van der Waals surface area (Å²) >= 11 is 0. The predicted molar refractivity (Wildman–Crippen MR) is 121 cm³/mol. The first-order valence-corrected chi connectivity index (χ1v) is 10.1. The van der Waals surface area contributed by atoms with Crippen molar-refractivity contribution < 1.29 is 5.11 Å². The summed E-state index contributed by atoms with van der Waals surface area (Å²) < 4.78 is 3.98. The molecule has 150 valence electrons. The van der Waals surface area contributed by atoms with Crippen molar-refractivity contribution in [3.05, 3.63) is 103 Å². The minimum Gasteiger partial charge on any atom is -0.494 e. The zero-order chi connectivity index (χ0) is 20.8. The highest BCUT2D eigenvalue weighted by atomic mass is 16.3. The molecule has 0 spiro atoms. The Labute approximate surface area is 178 Å². The van der Waals surface area contributed by atoms with Crippen LogP contribution in [0, 0.1) is 0 Å². The molecule has 2 N–H and O–H groups in total. The van der Waals surface area contributed by atoms with E-state index in [2.05, 4.69) is 61.9 Å². The van der Waals surface area contributed by atoms with Crippen molar-refractivity contribution in [3.8, 4) is 22.8 Å². The number of aromatic amines is 1. The van der Waals surface area contributed by atoms with E-state index in [4.69, 9.17) is 0 Å². The highest BCUT2D eigenvalue weighted by molar-refractivity contribution is 5.91. The molecule has 0 aliphatic carbocycles. The number of imidazole rings is 1. The van der Waals surface area contributed by atoms with E-state index in [1.165, 1.54) is 11.1 Å². The molecule has 0 aliphatic rings. The quantitative estimate of drug-likeness (QED) is 0.435. The highest BCUT2D eigenvalue weighted by Gasteiger charge is 2.11. The Kier molecular flexibility index (Phi) is 3.89. The van der Waals surface area contributed by atoms with Gasteiger partial charge in [0, 0.05) is 48.2 Å². The summed E-state index contributed by atoms with van der Waals surface area (Å²) in [6, 6.07) is 20.7. The molecular formula is C25H19N5O. The molecule has 0 bridgehead atoms. The normalized spacial score (nSPS) is 11.5. The van der Waals surface area contributed by atoms with Gasteiger partial charge in [-0.25, -0.2) is 9.67 Å². The number of aromatic nitrogens is 5. The van der Waals surface area contributed by atoms with E-state index in [1.807, 2.05) is 47.7 Å². The van der Waals surface area contributed by atoms with Crippen molar-refractivity contribution in [1.82, 2.24) is 24.1 Å². The highest BCUT2D eigenvalue weighted by Crippen LogP contribution is 2.30. The standard InChI is InChI=1S/C25H19N5O/c31-25-22-8-4-18(15-20(22)16-27-25)23-9-5-19(24-26-11-13-29(23)24)14-17-2-6-21(7-3-17)30-12-1-10-28-30/h1-13,15-16,27,31H,14H2. The van der Waals surface area contributed by atoms with Crippen LogP contribution in [0.2, 0.25) is 0 Å². The molecule has 2 aromatic carbocycles. The Morgan fingerprint density at radius 1 is 0.935 bits per heavy atom. The molecule has 31 heavy (non-hydrogen) atoms. The number of pyridine rings is 1. The minimum atomic E-state index is 0.197. The summed E-state index contributed by atoms with van der Waals surface area (Å²) in [7, 11) is 0. The van der Waals surface area contributed by atoms with Gasteiger partial charge in [-0.05, 0) is 53.1 Å². The maximum atomic E-state index is 9.88. The molecule has 6 aromatic rings. The third kappa shape index (κ3) is 2.97. The minimum absolute atomic E-state index is 0.197. The number of benzene rings is 2. The third-order valence-corrected chi connectivity index (χ3v) is 5.70. The summed E-state index contributed by atoms with van der Waals surface area (Å²) in [4.78, 5) is 7.50. The van der Waals surface area contributed by atoms with Gasteiger partial charge in [0.05, 0.1) is 11.4 Å². The SMILES string of the molecule is Oc1[nH]cc2cc(-c3ccc(Cc4ccc(-n5cccn5)cc4)c4nccn34)ccc12. The summed E-state index contributed by atoms with van der Waals surface area (Å²) in [6.07, 6.45) is 10.2. The van der Waals surface area contributed by atoms with Crippen molar-refractivity contribution in [2.75, 3.05) is 0 Å². The first-order chi connectivity index (χ1) is 15.3. The zero-order valence-corrected chi connectivity index (χ0v) is 16.6. The van der Waals surface area contributed by atoms with E-state index in [-0.39, 0.29) is 5.88 Å². The number of nitrogens with one attached hydrogen (secondary N) is 1. The fourth-order valence-electron chi connectivity index (χ4n) is 4.13. The molecule has 0 aliphatic heterocycles. The second-order valence-corrected chi connectivity index (χ2v) is 7.60. The van der Waals surface area contributed by atoms with Gasteiger partial charge >= 0.3 is 0 Å². The lowest BCUT2D eigenvalue weighted by molar-refractivity contribution is 0.462. The Morgan fingerprint density at radius 3 is 2.68 bits per heavy atom. The Balaban J connectivity index is 1.36. The van der Waals surface area contributed by atoms with Gasteiger partial charge < -0.3 is 10.1 Å².